The van der Waals surface area contributed by atoms with Gasteiger partial charge in [-0.1, -0.05) is 15.9 Å². The largest absolute Gasteiger partial charge is 0.463 e. The number of halogens is 1. The summed E-state index contributed by atoms with van der Waals surface area (Å²) in [5.74, 6) is -5.79. The van der Waals surface area contributed by atoms with Gasteiger partial charge in [-0.2, -0.15) is 0 Å². The third kappa shape index (κ3) is 10.7. The summed E-state index contributed by atoms with van der Waals surface area (Å²) in [5, 5.41) is -0.00602. The maximum atomic E-state index is 12.2. The minimum Gasteiger partial charge on any atom is -0.463 e. The van der Waals surface area contributed by atoms with E-state index in [9.17, 15) is 33.6 Å². The lowest BCUT2D eigenvalue weighted by Gasteiger charge is -2.48. The van der Waals surface area contributed by atoms with Crippen molar-refractivity contribution < 1.29 is 80.9 Å². The highest BCUT2D eigenvalue weighted by Crippen LogP contribution is 2.35. The Morgan fingerprint density at radius 1 is 0.477 bits per heavy atom. The van der Waals surface area contributed by atoms with Crippen LogP contribution in [0.5, 0.6) is 0 Å². The first-order valence-electron chi connectivity index (χ1n) is 13.2. The standard InChI is InChI=1S/C26H35BrO17/c1-10(28)35-9-18-20(37-12(3)30)22(39-14(5)32)24(41-16(7)34)26(43-18)44-25-23(40-15(6)33)21(38-13(4)31)19(36-11(2)29)17(8-27)42-25/h17-26H,8-9H2,1-7H3/t17-,18+,19+,20+,21-,22-,23+,24+,25+,26+/m0/s1. The molecule has 0 aromatic rings. The van der Waals surface area contributed by atoms with Crippen LogP contribution < -0.4 is 0 Å². The van der Waals surface area contributed by atoms with Crippen LogP contribution in [0.4, 0.5) is 0 Å². The van der Waals surface area contributed by atoms with E-state index in [1.807, 2.05) is 0 Å². The summed E-state index contributed by atoms with van der Waals surface area (Å²) in [6, 6.07) is 0. The van der Waals surface area contributed by atoms with Crippen LogP contribution in [0, 0.1) is 0 Å². The highest BCUT2D eigenvalue weighted by molar-refractivity contribution is 9.09. The van der Waals surface area contributed by atoms with Crippen molar-refractivity contribution in [2.45, 2.75) is 110 Å². The maximum absolute atomic E-state index is 12.2. The van der Waals surface area contributed by atoms with E-state index in [4.69, 9.17) is 47.4 Å². The van der Waals surface area contributed by atoms with Crippen molar-refractivity contribution in [1.82, 2.24) is 0 Å². The van der Waals surface area contributed by atoms with Crippen molar-refractivity contribution in [3.05, 3.63) is 0 Å². The smallest absolute Gasteiger partial charge is 0.303 e. The van der Waals surface area contributed by atoms with E-state index in [1.54, 1.807) is 0 Å². The molecule has 2 rings (SSSR count). The normalized spacial score (nSPS) is 31.5. The molecule has 44 heavy (non-hydrogen) atoms. The second-order valence-electron chi connectivity index (χ2n) is 9.62. The van der Waals surface area contributed by atoms with Gasteiger partial charge in [0.05, 0.1) is 0 Å². The molecule has 2 fully saturated rings. The van der Waals surface area contributed by atoms with Gasteiger partial charge in [-0.15, -0.1) is 0 Å². The summed E-state index contributed by atoms with van der Waals surface area (Å²) < 4.78 is 55.2. The molecule has 2 saturated heterocycles. The summed E-state index contributed by atoms with van der Waals surface area (Å²) in [7, 11) is 0. The second kappa shape index (κ2) is 16.6. The molecule has 10 atom stereocenters. The molecule has 248 valence electrons. The van der Waals surface area contributed by atoms with Crippen molar-refractivity contribution in [1.29, 1.82) is 0 Å². The number of esters is 7. The number of rotatable bonds is 11. The number of hydrogen-bond acceptors (Lipinski definition) is 17. The minimum atomic E-state index is -1.74. The molecular formula is C26H35BrO17. The summed E-state index contributed by atoms with van der Waals surface area (Å²) >= 11 is 3.24. The van der Waals surface area contributed by atoms with Gasteiger partial charge in [0.2, 0.25) is 12.6 Å². The Morgan fingerprint density at radius 2 is 0.795 bits per heavy atom. The molecular weight excluding hydrogens is 664 g/mol. The van der Waals surface area contributed by atoms with E-state index in [1.165, 1.54) is 0 Å². The number of carbonyl (C=O) groups is 7. The van der Waals surface area contributed by atoms with E-state index >= 15 is 0 Å². The molecule has 0 aliphatic carbocycles. The third-order valence-electron chi connectivity index (χ3n) is 5.87. The summed E-state index contributed by atoms with van der Waals surface area (Å²) in [6.07, 6.45) is -14.8. The van der Waals surface area contributed by atoms with E-state index in [-0.39, 0.29) is 5.33 Å². The first-order chi connectivity index (χ1) is 20.5. The summed E-state index contributed by atoms with van der Waals surface area (Å²) in [4.78, 5) is 84.0. The van der Waals surface area contributed by atoms with Crippen LogP contribution in [-0.4, -0.2) is 115 Å². The quantitative estimate of drug-likeness (QED) is 0.158. The Kier molecular flexibility index (Phi) is 13.9. The van der Waals surface area contributed by atoms with Gasteiger partial charge in [0.1, 0.15) is 18.8 Å². The van der Waals surface area contributed by atoms with Gasteiger partial charge in [-0.3, -0.25) is 33.6 Å². The molecule has 0 bridgehead atoms. The first kappa shape index (κ1) is 36.8. The second-order valence-corrected chi connectivity index (χ2v) is 10.3. The first-order valence-corrected chi connectivity index (χ1v) is 14.3. The Balaban J connectivity index is 2.63. The zero-order valence-corrected chi connectivity index (χ0v) is 26.6. The Hall–Kier alpha value is -3.35. The van der Waals surface area contributed by atoms with Crippen molar-refractivity contribution in [2.75, 3.05) is 11.9 Å². The van der Waals surface area contributed by atoms with E-state index < -0.39 is 110 Å². The summed E-state index contributed by atoms with van der Waals surface area (Å²) in [5.41, 5.74) is 0. The molecule has 2 aliphatic heterocycles. The van der Waals surface area contributed by atoms with Gasteiger partial charge < -0.3 is 47.4 Å². The Morgan fingerprint density at radius 3 is 1.14 bits per heavy atom. The zero-order chi connectivity index (χ0) is 33.3. The molecule has 0 N–H and O–H groups in total. The Bertz CT molecular complexity index is 1090. The highest BCUT2D eigenvalue weighted by atomic mass is 79.9. The van der Waals surface area contributed by atoms with Crippen molar-refractivity contribution >= 4 is 57.7 Å². The average Bonchev–Trinajstić information content (AvgIpc) is 2.87. The van der Waals surface area contributed by atoms with Crippen molar-refractivity contribution in [3.8, 4) is 0 Å². The van der Waals surface area contributed by atoms with Crippen LogP contribution in [0.1, 0.15) is 48.5 Å². The molecule has 0 amide bonds. The van der Waals surface area contributed by atoms with E-state index in [2.05, 4.69) is 15.9 Å². The maximum Gasteiger partial charge on any atom is 0.303 e. The molecule has 0 spiro atoms. The van der Waals surface area contributed by atoms with Gasteiger partial charge in [0.15, 0.2) is 36.6 Å². The lowest BCUT2D eigenvalue weighted by Crippen LogP contribution is -2.66. The molecule has 0 unspecified atom stereocenters. The number of alkyl halides is 1. The minimum absolute atomic E-state index is 0.00602. The third-order valence-corrected chi connectivity index (χ3v) is 6.50. The SMILES string of the molecule is CC(=O)OC[C@H]1O[C@H](O[C@H]2O[C@@H](CBr)[C@@H](OC(C)=O)[C@H](OC(C)=O)[C@H]2OC(C)=O)[C@H](OC(C)=O)[C@@H](OC(C)=O)[C@@H]1OC(C)=O. The van der Waals surface area contributed by atoms with Crippen LogP contribution in [0.25, 0.3) is 0 Å². The van der Waals surface area contributed by atoms with Crippen molar-refractivity contribution in [2.24, 2.45) is 0 Å². The van der Waals surface area contributed by atoms with Crippen LogP contribution in [0.15, 0.2) is 0 Å². The predicted octanol–water partition coefficient (Wildman–Crippen LogP) is 0.00100. The fourth-order valence-corrected chi connectivity index (χ4v) is 5.04. The molecule has 0 saturated carbocycles. The van der Waals surface area contributed by atoms with Crippen LogP contribution >= 0.6 is 15.9 Å². The average molecular weight is 699 g/mol. The fourth-order valence-electron chi connectivity index (χ4n) is 4.52. The van der Waals surface area contributed by atoms with Gasteiger partial charge in [0.25, 0.3) is 0 Å². The van der Waals surface area contributed by atoms with Crippen LogP contribution in [-0.2, 0) is 80.9 Å². The summed E-state index contributed by atoms with van der Waals surface area (Å²) in [6.45, 7) is 6.94. The fraction of sp³-hybridized carbons (Fsp3) is 0.731. The molecule has 0 radical (unpaired) electrons. The lowest BCUT2D eigenvalue weighted by molar-refractivity contribution is -0.374. The Labute approximate surface area is 260 Å². The molecule has 17 nitrogen and oxygen atoms in total. The molecule has 18 heteroatoms. The molecule has 2 aliphatic rings. The van der Waals surface area contributed by atoms with E-state index in [0.717, 1.165) is 48.5 Å². The molecule has 0 aromatic heterocycles. The predicted molar refractivity (Wildman–Crippen MR) is 142 cm³/mol. The van der Waals surface area contributed by atoms with Gasteiger partial charge in [0, 0.05) is 53.8 Å². The van der Waals surface area contributed by atoms with Crippen molar-refractivity contribution in [3.63, 3.8) is 0 Å². The highest BCUT2D eigenvalue weighted by Gasteiger charge is 2.57. The number of ether oxygens (including phenoxy) is 10. The van der Waals surface area contributed by atoms with Crippen LogP contribution in [0.2, 0.25) is 0 Å². The van der Waals surface area contributed by atoms with E-state index in [0.29, 0.717) is 0 Å². The number of hydrogen-bond donors (Lipinski definition) is 0. The molecule has 2 heterocycles. The van der Waals surface area contributed by atoms with Gasteiger partial charge >= 0.3 is 41.8 Å². The number of carbonyl (C=O) groups excluding carboxylic acids is 7. The molecule has 0 aromatic carbocycles. The zero-order valence-electron chi connectivity index (χ0n) is 25.0. The van der Waals surface area contributed by atoms with Crippen LogP contribution in [0.3, 0.4) is 0 Å². The van der Waals surface area contributed by atoms with Gasteiger partial charge in [-0.05, 0) is 0 Å². The monoisotopic (exact) mass is 698 g/mol. The topological polar surface area (TPSA) is 212 Å². The van der Waals surface area contributed by atoms with Gasteiger partial charge in [-0.25, -0.2) is 0 Å². The lowest BCUT2D eigenvalue weighted by atomic mass is 9.97.